The largest absolute Gasteiger partial charge is 0.309 e. The highest BCUT2D eigenvalue weighted by Gasteiger charge is 2.64. The Morgan fingerprint density at radius 2 is 0.891 bits per heavy atom. The van der Waals surface area contributed by atoms with E-state index in [1.807, 2.05) is 0 Å². The van der Waals surface area contributed by atoms with Crippen LogP contribution < -0.4 is 5.32 Å². The van der Waals surface area contributed by atoms with Crippen LogP contribution in [0.25, 0.3) is 87.7 Å². The summed E-state index contributed by atoms with van der Waals surface area (Å²) in [5.74, 6) is 0. The molecule has 64 heavy (non-hydrogen) atoms. The number of aromatic nitrogens is 2. The average Bonchev–Trinajstić information content (AvgIpc) is 3.64. The Balaban J connectivity index is 0.924. The predicted molar refractivity (Wildman–Crippen MR) is 262 cm³/mol. The minimum absolute atomic E-state index is 0.122. The summed E-state index contributed by atoms with van der Waals surface area (Å²) < 4.78 is 4.95. The molecular formula is C59H42N5+. The van der Waals surface area contributed by atoms with Crippen LogP contribution in [0.4, 0.5) is 0 Å². The summed E-state index contributed by atoms with van der Waals surface area (Å²) in [6.07, 6.45) is 0.480. The predicted octanol–water partition coefficient (Wildman–Crippen LogP) is 13.4. The molecule has 0 saturated carbocycles. The van der Waals surface area contributed by atoms with E-state index in [9.17, 15) is 0 Å². The number of nitrogens with two attached hydrogens (primary N) is 1. The fourth-order valence-electron chi connectivity index (χ4n) is 11.1. The van der Waals surface area contributed by atoms with Crippen LogP contribution in [0.1, 0.15) is 35.2 Å². The number of fused-ring (bicyclic) bond motifs is 9. The number of benzene rings is 10. The molecule has 4 heterocycles. The number of hydrogen-bond acceptors (Lipinski definition) is 2. The Kier molecular flexibility index (Phi) is 7.74. The lowest BCUT2D eigenvalue weighted by molar-refractivity contribution is -0.735. The van der Waals surface area contributed by atoms with Gasteiger partial charge in [-0.25, -0.2) is 0 Å². The van der Waals surface area contributed by atoms with Gasteiger partial charge in [0.25, 0.3) is 0 Å². The highest BCUT2D eigenvalue weighted by atomic mass is 15.9. The molecule has 0 radical (unpaired) electrons. The van der Waals surface area contributed by atoms with Crippen LogP contribution in [0.15, 0.2) is 224 Å². The topological polar surface area (TPSA) is 32.5 Å². The van der Waals surface area contributed by atoms with Crippen LogP contribution in [0.3, 0.4) is 0 Å². The molecule has 2 N–H and O–H groups in total. The minimum Gasteiger partial charge on any atom is -0.309 e. The van der Waals surface area contributed by atoms with E-state index in [0.717, 1.165) is 5.69 Å². The van der Waals surface area contributed by atoms with Gasteiger partial charge in [-0.3, -0.25) is 0 Å². The van der Waals surface area contributed by atoms with Crippen molar-refractivity contribution in [3.05, 3.63) is 241 Å². The van der Waals surface area contributed by atoms with E-state index >= 15 is 0 Å². The summed E-state index contributed by atoms with van der Waals surface area (Å²) in [7, 11) is 0. The highest BCUT2D eigenvalue weighted by molar-refractivity contribution is 6.15. The minimum atomic E-state index is 0.122. The molecule has 5 atom stereocenters. The molecule has 2 aliphatic rings. The third-order valence-corrected chi connectivity index (χ3v) is 14.0. The molecular weight excluding hydrogens is 779 g/mol. The van der Waals surface area contributed by atoms with Crippen LogP contribution in [-0.4, -0.2) is 19.2 Å². The van der Waals surface area contributed by atoms with Gasteiger partial charge in [0, 0.05) is 43.7 Å². The zero-order valence-corrected chi connectivity index (χ0v) is 35.0. The number of quaternary nitrogens is 1. The highest BCUT2D eigenvalue weighted by Crippen LogP contribution is 2.54. The molecule has 0 aliphatic carbocycles. The van der Waals surface area contributed by atoms with E-state index < -0.39 is 0 Å². The van der Waals surface area contributed by atoms with Crippen molar-refractivity contribution < 1.29 is 5.32 Å². The van der Waals surface area contributed by atoms with Gasteiger partial charge in [0.05, 0.1) is 27.8 Å². The second-order valence-corrected chi connectivity index (χ2v) is 17.5. The Labute approximate surface area is 370 Å². The normalized spacial score (nSPS) is 19.3. The second-order valence-electron chi connectivity index (χ2n) is 17.5. The molecule has 14 rings (SSSR count). The Morgan fingerprint density at radius 3 is 1.67 bits per heavy atom. The van der Waals surface area contributed by atoms with Crippen molar-refractivity contribution in [3.8, 4) is 22.5 Å². The number of para-hydroxylation sites is 2. The molecule has 5 heteroatoms. The van der Waals surface area contributed by atoms with E-state index in [-0.39, 0.29) is 18.5 Å². The lowest BCUT2D eigenvalue weighted by atomic mass is 10.0. The summed E-state index contributed by atoms with van der Waals surface area (Å²) in [5.41, 5.74) is 13.6. The standard InChI is InChI=1S/C59H41N5/c1-3-15-38(16-4-1)40-21-13-23-45(33-40)59-63-57(39-17-5-2-6-18-39)60-58(64(59)63)44-29-31-47-43(34-44)22-14-28-52(47)62-55-36-42-20-8-7-19-41(42)35-51(55)50-32-30-46(37-56(50)62)61-53-26-11-9-24-48(53)49-25-10-12-27-54(49)61/h1-37,57-60H/p+1. The Morgan fingerprint density at radius 1 is 0.312 bits per heavy atom. The molecule has 0 spiro atoms. The van der Waals surface area contributed by atoms with Crippen molar-refractivity contribution in [2.75, 3.05) is 0 Å². The maximum absolute atomic E-state index is 2.58. The van der Waals surface area contributed by atoms with Gasteiger partial charge in [0.2, 0.25) is 0 Å². The first-order chi connectivity index (χ1) is 31.7. The first-order valence-electron chi connectivity index (χ1n) is 22.4. The van der Waals surface area contributed by atoms with E-state index in [2.05, 4.69) is 249 Å². The molecule has 0 bridgehead atoms. The van der Waals surface area contributed by atoms with Crippen LogP contribution in [0.2, 0.25) is 0 Å². The maximum atomic E-state index is 2.58. The Hall–Kier alpha value is -7.80. The fraction of sp³-hybridized carbons (Fsp3) is 0.0508. The van der Waals surface area contributed by atoms with Crippen molar-refractivity contribution in [1.82, 2.24) is 19.2 Å². The monoisotopic (exact) mass is 820 g/mol. The fourth-order valence-corrected chi connectivity index (χ4v) is 11.1. The van der Waals surface area contributed by atoms with E-state index in [1.165, 1.54) is 98.7 Å². The first-order valence-corrected chi connectivity index (χ1v) is 22.4. The van der Waals surface area contributed by atoms with E-state index in [0.29, 0.717) is 0 Å². The van der Waals surface area contributed by atoms with Crippen molar-refractivity contribution >= 4 is 65.2 Å². The van der Waals surface area contributed by atoms with Crippen LogP contribution in [0.5, 0.6) is 0 Å². The van der Waals surface area contributed by atoms with Gasteiger partial charge in [0.15, 0.2) is 12.3 Å². The lowest BCUT2D eigenvalue weighted by Crippen LogP contribution is -2.85. The molecule has 12 aromatic rings. The summed E-state index contributed by atoms with van der Waals surface area (Å²) in [4.78, 5) is 0. The van der Waals surface area contributed by atoms with E-state index in [1.54, 1.807) is 0 Å². The first kappa shape index (κ1) is 35.8. The molecule has 10 aromatic carbocycles. The molecule has 0 amide bonds. The summed E-state index contributed by atoms with van der Waals surface area (Å²) in [6.45, 7) is 0. The molecule has 302 valence electrons. The molecule has 5 nitrogen and oxygen atoms in total. The average molecular weight is 821 g/mol. The molecule has 2 saturated heterocycles. The molecule has 2 aromatic heterocycles. The third-order valence-electron chi connectivity index (χ3n) is 14.0. The van der Waals surface area contributed by atoms with Crippen LogP contribution in [-0.2, 0) is 0 Å². The van der Waals surface area contributed by atoms with E-state index in [4.69, 9.17) is 0 Å². The number of nitrogens with zero attached hydrogens (tertiary/aromatic N) is 4. The zero-order chi connectivity index (χ0) is 41.9. The van der Waals surface area contributed by atoms with Gasteiger partial charge in [0.1, 0.15) is 6.17 Å². The third kappa shape index (κ3) is 5.36. The SMILES string of the molecule is c1ccc(-c2cccc(C3N4C(c5ccccc5)[NH2+]C(c5ccc6c(-n7c8cc(-n9c%10ccccc%10c%10ccccc%109)ccc8c8cc9ccccc9cc87)cccc6c5)N34)c2)cc1. The van der Waals surface area contributed by atoms with Gasteiger partial charge in [-0.15, -0.1) is 0 Å². The molecule has 2 aliphatic heterocycles. The summed E-state index contributed by atoms with van der Waals surface area (Å²) in [5, 5.41) is 17.7. The maximum Gasteiger partial charge on any atom is 0.185 e. The zero-order valence-electron chi connectivity index (χ0n) is 35.0. The summed E-state index contributed by atoms with van der Waals surface area (Å²) in [6, 6.07) is 83.0. The van der Waals surface area contributed by atoms with Gasteiger partial charge in [-0.1, -0.05) is 170 Å². The van der Waals surface area contributed by atoms with Crippen molar-refractivity contribution in [2.45, 2.75) is 18.5 Å². The van der Waals surface area contributed by atoms with Gasteiger partial charge >= 0.3 is 0 Å². The van der Waals surface area contributed by atoms with Crippen LogP contribution in [0, 0.1) is 0 Å². The van der Waals surface area contributed by atoms with Crippen molar-refractivity contribution in [2.24, 2.45) is 0 Å². The van der Waals surface area contributed by atoms with Crippen LogP contribution >= 0.6 is 0 Å². The quantitative estimate of drug-likeness (QED) is 0.170. The number of hydrogen-bond donors (Lipinski definition) is 1. The molecule has 5 unspecified atom stereocenters. The number of rotatable bonds is 6. The van der Waals surface area contributed by atoms with Gasteiger partial charge in [-0.2, -0.15) is 10.0 Å². The molecule has 2 fully saturated rings. The smallest absolute Gasteiger partial charge is 0.185 e. The second kappa shape index (κ2) is 13.9. The van der Waals surface area contributed by atoms with Crippen molar-refractivity contribution in [1.29, 1.82) is 0 Å². The Bertz CT molecular complexity index is 3760. The summed E-state index contributed by atoms with van der Waals surface area (Å²) >= 11 is 0. The van der Waals surface area contributed by atoms with Crippen molar-refractivity contribution in [3.63, 3.8) is 0 Å². The van der Waals surface area contributed by atoms with Gasteiger partial charge < -0.3 is 14.5 Å². The van der Waals surface area contributed by atoms with Gasteiger partial charge in [-0.05, 0) is 87.4 Å². The lowest BCUT2D eigenvalue weighted by Gasteiger charge is -2.19. The number of hydrazine groups is 1.